The number of carbonyl (C=O) groups excluding carboxylic acids is 1. The highest BCUT2D eigenvalue weighted by molar-refractivity contribution is 5.94. The highest BCUT2D eigenvalue weighted by atomic mass is 19.1. The van der Waals surface area contributed by atoms with Crippen LogP contribution in [0.2, 0.25) is 0 Å². The van der Waals surface area contributed by atoms with Gasteiger partial charge in [0.1, 0.15) is 11.4 Å². The van der Waals surface area contributed by atoms with Crippen molar-refractivity contribution < 1.29 is 23.8 Å². The molecular formula is C17H16FNO4. The van der Waals surface area contributed by atoms with Crippen molar-refractivity contribution in [1.29, 1.82) is 0 Å². The fraction of sp³-hybridized carbons (Fsp3) is 0.235. The Morgan fingerprint density at radius 2 is 1.91 bits per heavy atom. The lowest BCUT2D eigenvalue weighted by atomic mass is 9.95. The van der Waals surface area contributed by atoms with Gasteiger partial charge in [-0.2, -0.15) is 0 Å². The lowest BCUT2D eigenvalue weighted by Crippen LogP contribution is -2.38. The van der Waals surface area contributed by atoms with E-state index in [0.29, 0.717) is 22.6 Å². The summed E-state index contributed by atoms with van der Waals surface area (Å²) in [6, 6.07) is 10.3. The molecule has 0 spiro atoms. The van der Waals surface area contributed by atoms with E-state index in [1.54, 1.807) is 25.1 Å². The summed E-state index contributed by atoms with van der Waals surface area (Å²) in [5, 5.41) is 13.2. The Bertz CT molecular complexity index is 728. The minimum absolute atomic E-state index is 0.00283. The molecule has 0 bridgehead atoms. The van der Waals surface area contributed by atoms with Crippen molar-refractivity contribution in [3.8, 4) is 11.5 Å². The first-order valence-electron chi connectivity index (χ1n) is 7.12. The summed E-state index contributed by atoms with van der Waals surface area (Å²) in [5.74, 6) is 0.396. The molecule has 3 rings (SSSR count). The molecule has 1 amide bonds. The number of benzene rings is 2. The molecule has 0 fully saturated rings. The topological polar surface area (TPSA) is 67.8 Å². The van der Waals surface area contributed by atoms with Crippen LogP contribution in [0, 0.1) is 5.82 Å². The van der Waals surface area contributed by atoms with Gasteiger partial charge in [0.15, 0.2) is 11.5 Å². The second-order valence-electron chi connectivity index (χ2n) is 5.53. The minimum atomic E-state index is -1.28. The van der Waals surface area contributed by atoms with Crippen LogP contribution in [0.5, 0.6) is 11.5 Å². The largest absolute Gasteiger partial charge is 0.454 e. The summed E-state index contributed by atoms with van der Waals surface area (Å²) < 4.78 is 23.4. The Morgan fingerprint density at radius 3 is 2.65 bits per heavy atom. The molecule has 5 nitrogen and oxygen atoms in total. The van der Waals surface area contributed by atoms with Crippen LogP contribution in [0.4, 0.5) is 4.39 Å². The third-order valence-electron chi connectivity index (χ3n) is 3.69. The standard InChI is InChI=1S/C17H16FNO4/c1-17(21,12-4-7-14-15(8-12)23-10-22-14)9-19-16(20)11-2-5-13(18)6-3-11/h2-8,21H,9-10H2,1H3,(H,19,20). The van der Waals surface area contributed by atoms with Gasteiger partial charge in [0, 0.05) is 5.56 Å². The van der Waals surface area contributed by atoms with Gasteiger partial charge in [-0.05, 0) is 48.9 Å². The fourth-order valence-corrected chi connectivity index (χ4v) is 2.29. The smallest absolute Gasteiger partial charge is 0.251 e. The first-order chi connectivity index (χ1) is 11.0. The van der Waals surface area contributed by atoms with Gasteiger partial charge in [0.05, 0.1) is 6.54 Å². The van der Waals surface area contributed by atoms with Crippen LogP contribution in [-0.4, -0.2) is 24.4 Å². The highest BCUT2D eigenvalue weighted by Gasteiger charge is 2.26. The maximum absolute atomic E-state index is 12.9. The number of carbonyl (C=O) groups is 1. The zero-order valence-corrected chi connectivity index (χ0v) is 12.5. The van der Waals surface area contributed by atoms with Gasteiger partial charge in [0.25, 0.3) is 5.91 Å². The van der Waals surface area contributed by atoms with E-state index in [0.717, 1.165) is 0 Å². The number of hydrogen-bond donors (Lipinski definition) is 2. The lowest BCUT2D eigenvalue weighted by Gasteiger charge is -2.24. The quantitative estimate of drug-likeness (QED) is 0.907. The average molecular weight is 317 g/mol. The Labute approximate surface area is 132 Å². The molecule has 0 saturated carbocycles. The predicted molar refractivity (Wildman–Crippen MR) is 80.9 cm³/mol. The van der Waals surface area contributed by atoms with Gasteiger partial charge < -0.3 is 19.9 Å². The molecule has 0 aliphatic carbocycles. The fourth-order valence-electron chi connectivity index (χ4n) is 2.29. The van der Waals surface area contributed by atoms with Gasteiger partial charge >= 0.3 is 0 Å². The molecule has 1 aliphatic heterocycles. The Hall–Kier alpha value is -2.60. The van der Waals surface area contributed by atoms with E-state index in [1.165, 1.54) is 24.3 Å². The molecule has 120 valence electrons. The molecule has 1 heterocycles. The Morgan fingerprint density at radius 1 is 1.22 bits per heavy atom. The summed E-state index contributed by atoms with van der Waals surface area (Å²) in [4.78, 5) is 12.0. The molecule has 1 aliphatic rings. The number of ether oxygens (including phenoxy) is 2. The van der Waals surface area contributed by atoms with E-state index in [1.807, 2.05) is 0 Å². The van der Waals surface area contributed by atoms with E-state index >= 15 is 0 Å². The van der Waals surface area contributed by atoms with Gasteiger partial charge in [-0.1, -0.05) is 6.07 Å². The van der Waals surface area contributed by atoms with E-state index in [-0.39, 0.29) is 19.2 Å². The normalized spacial score (nSPS) is 15.1. The number of hydrogen-bond acceptors (Lipinski definition) is 4. The van der Waals surface area contributed by atoms with E-state index in [9.17, 15) is 14.3 Å². The van der Waals surface area contributed by atoms with Crippen molar-refractivity contribution >= 4 is 5.91 Å². The van der Waals surface area contributed by atoms with Crippen molar-refractivity contribution in [3.63, 3.8) is 0 Å². The third-order valence-corrected chi connectivity index (χ3v) is 3.69. The van der Waals surface area contributed by atoms with Crippen molar-refractivity contribution in [2.45, 2.75) is 12.5 Å². The molecule has 1 unspecified atom stereocenters. The SMILES string of the molecule is CC(O)(CNC(=O)c1ccc(F)cc1)c1ccc2c(c1)OCO2. The number of aliphatic hydroxyl groups is 1. The molecule has 6 heteroatoms. The van der Waals surface area contributed by atoms with Crippen molar-refractivity contribution in [3.05, 3.63) is 59.4 Å². The maximum Gasteiger partial charge on any atom is 0.251 e. The van der Waals surface area contributed by atoms with Gasteiger partial charge in [-0.25, -0.2) is 4.39 Å². The number of halogens is 1. The number of rotatable bonds is 4. The van der Waals surface area contributed by atoms with Crippen molar-refractivity contribution in [1.82, 2.24) is 5.32 Å². The first kappa shape index (κ1) is 15.3. The van der Waals surface area contributed by atoms with E-state index in [2.05, 4.69) is 5.32 Å². The third kappa shape index (κ3) is 3.27. The Balaban J connectivity index is 1.68. The van der Waals surface area contributed by atoms with Crippen LogP contribution >= 0.6 is 0 Å². The van der Waals surface area contributed by atoms with Gasteiger partial charge in [0.2, 0.25) is 6.79 Å². The van der Waals surface area contributed by atoms with Gasteiger partial charge in [-0.15, -0.1) is 0 Å². The molecule has 2 N–H and O–H groups in total. The molecule has 2 aromatic carbocycles. The monoisotopic (exact) mass is 317 g/mol. The zero-order valence-electron chi connectivity index (χ0n) is 12.5. The zero-order chi connectivity index (χ0) is 16.4. The van der Waals surface area contributed by atoms with Crippen molar-refractivity contribution in [2.75, 3.05) is 13.3 Å². The highest BCUT2D eigenvalue weighted by Crippen LogP contribution is 2.35. The Kier molecular flexibility index (Phi) is 3.92. The molecular weight excluding hydrogens is 301 g/mol. The lowest BCUT2D eigenvalue weighted by molar-refractivity contribution is 0.0525. The van der Waals surface area contributed by atoms with Gasteiger partial charge in [-0.3, -0.25) is 4.79 Å². The number of nitrogens with one attached hydrogen (secondary N) is 1. The van der Waals surface area contributed by atoms with Crippen LogP contribution in [0.15, 0.2) is 42.5 Å². The summed E-state index contributed by atoms with van der Waals surface area (Å²) in [7, 11) is 0. The summed E-state index contributed by atoms with van der Waals surface area (Å²) in [6.45, 7) is 1.75. The number of amides is 1. The van der Waals surface area contributed by atoms with E-state index in [4.69, 9.17) is 9.47 Å². The van der Waals surface area contributed by atoms with Crippen LogP contribution in [-0.2, 0) is 5.60 Å². The van der Waals surface area contributed by atoms with Crippen molar-refractivity contribution in [2.24, 2.45) is 0 Å². The summed E-state index contributed by atoms with van der Waals surface area (Å²) >= 11 is 0. The average Bonchev–Trinajstić information content (AvgIpc) is 3.01. The molecule has 0 aromatic heterocycles. The number of fused-ring (bicyclic) bond motifs is 1. The molecule has 0 radical (unpaired) electrons. The molecule has 23 heavy (non-hydrogen) atoms. The summed E-state index contributed by atoms with van der Waals surface area (Å²) in [6.07, 6.45) is 0. The molecule has 0 saturated heterocycles. The first-order valence-corrected chi connectivity index (χ1v) is 7.12. The molecule has 1 atom stereocenters. The van der Waals surface area contributed by atoms with E-state index < -0.39 is 11.4 Å². The predicted octanol–water partition coefficient (Wildman–Crippen LogP) is 2.19. The minimum Gasteiger partial charge on any atom is -0.454 e. The summed E-state index contributed by atoms with van der Waals surface area (Å²) in [5.41, 5.74) is -0.356. The van der Waals surface area contributed by atoms with Crippen LogP contribution in [0.25, 0.3) is 0 Å². The van der Waals surface area contributed by atoms with Crippen LogP contribution < -0.4 is 14.8 Å². The second kappa shape index (κ2) is 5.89. The molecule has 2 aromatic rings. The maximum atomic E-state index is 12.9. The second-order valence-corrected chi connectivity index (χ2v) is 5.53. The van der Waals surface area contributed by atoms with Crippen LogP contribution in [0.1, 0.15) is 22.8 Å². The van der Waals surface area contributed by atoms with Crippen LogP contribution in [0.3, 0.4) is 0 Å².